The molecule has 1 aromatic carbocycles. The average molecular weight is 331 g/mol. The molecule has 1 fully saturated rings. The molecule has 1 amide bonds. The fourth-order valence-electron chi connectivity index (χ4n) is 3.43. The maximum Gasteiger partial charge on any atom is 0.371 e. The number of anilines is 1. The molecule has 1 saturated carbocycles. The molecule has 2 N–H and O–H groups in total. The quantitative estimate of drug-likeness (QED) is 0.843. The van der Waals surface area contributed by atoms with Crippen LogP contribution in [0.2, 0.25) is 0 Å². The molecule has 0 bridgehead atoms. The molecule has 1 aliphatic carbocycles. The molecule has 6 heteroatoms. The molecule has 128 valence electrons. The summed E-state index contributed by atoms with van der Waals surface area (Å²) in [5.41, 5.74) is 0.766. The Morgan fingerprint density at radius 3 is 2.71 bits per heavy atom. The van der Waals surface area contributed by atoms with Gasteiger partial charge in [0.05, 0.1) is 5.41 Å². The fourth-order valence-corrected chi connectivity index (χ4v) is 3.43. The predicted octanol–water partition coefficient (Wildman–Crippen LogP) is 3.67. The number of aromatic carboxylic acids is 1. The summed E-state index contributed by atoms with van der Waals surface area (Å²) in [4.78, 5) is 23.8. The topological polar surface area (TPSA) is 88.8 Å². The molecular weight excluding hydrogens is 310 g/mol. The van der Waals surface area contributed by atoms with Crippen molar-refractivity contribution in [1.29, 1.82) is 0 Å². The molecule has 2 aromatic rings. The van der Waals surface area contributed by atoms with Crippen molar-refractivity contribution in [2.75, 3.05) is 19.0 Å². The third-order valence-corrected chi connectivity index (χ3v) is 4.81. The SMILES string of the molecule is COCCC1(C(=O)Nc2ccc3oc(C(=O)O)cc3c2)CCCC1. The van der Waals surface area contributed by atoms with E-state index in [4.69, 9.17) is 14.3 Å². The Kier molecular flexibility index (Phi) is 4.57. The van der Waals surface area contributed by atoms with Crippen LogP contribution in [-0.4, -0.2) is 30.7 Å². The fraction of sp³-hybridized carbons (Fsp3) is 0.444. The van der Waals surface area contributed by atoms with E-state index in [1.54, 1.807) is 25.3 Å². The van der Waals surface area contributed by atoms with E-state index in [1.807, 2.05) is 0 Å². The summed E-state index contributed by atoms with van der Waals surface area (Å²) in [6.45, 7) is 0.566. The Bertz CT molecular complexity index is 758. The number of carboxylic acid groups (broad SMARTS) is 1. The summed E-state index contributed by atoms with van der Waals surface area (Å²) >= 11 is 0. The second kappa shape index (κ2) is 6.65. The standard InChI is InChI=1S/C18H21NO5/c1-23-9-8-18(6-2-3-7-18)17(22)19-13-4-5-14-12(10-13)11-15(24-14)16(20)21/h4-5,10-11H,2-3,6-9H2,1H3,(H,19,22)(H,20,21). The summed E-state index contributed by atoms with van der Waals surface area (Å²) in [5, 5.41) is 12.6. The Hall–Kier alpha value is -2.34. The lowest BCUT2D eigenvalue weighted by Crippen LogP contribution is -2.34. The molecular formula is C18H21NO5. The highest BCUT2D eigenvalue weighted by Crippen LogP contribution is 2.42. The lowest BCUT2D eigenvalue weighted by Gasteiger charge is -2.27. The number of methoxy groups -OCH3 is 1. The van der Waals surface area contributed by atoms with Gasteiger partial charge in [-0.15, -0.1) is 0 Å². The summed E-state index contributed by atoms with van der Waals surface area (Å²) in [6.07, 6.45) is 4.57. The molecule has 0 saturated heterocycles. The minimum atomic E-state index is -1.11. The smallest absolute Gasteiger partial charge is 0.371 e. The first-order valence-corrected chi connectivity index (χ1v) is 8.11. The number of carboxylic acids is 1. The van der Waals surface area contributed by atoms with Gasteiger partial charge in [0, 0.05) is 24.8 Å². The van der Waals surface area contributed by atoms with E-state index in [0.29, 0.717) is 29.7 Å². The van der Waals surface area contributed by atoms with Gasteiger partial charge < -0.3 is 19.6 Å². The molecule has 0 unspecified atom stereocenters. The number of carbonyl (C=O) groups excluding carboxylic acids is 1. The van der Waals surface area contributed by atoms with E-state index in [1.165, 1.54) is 6.07 Å². The molecule has 0 spiro atoms. The lowest BCUT2D eigenvalue weighted by atomic mass is 9.82. The lowest BCUT2D eigenvalue weighted by molar-refractivity contribution is -0.126. The average Bonchev–Trinajstić information content (AvgIpc) is 3.20. The Labute approximate surface area is 139 Å². The van der Waals surface area contributed by atoms with Crippen LogP contribution >= 0.6 is 0 Å². The van der Waals surface area contributed by atoms with Crippen molar-refractivity contribution in [3.8, 4) is 0 Å². The first-order chi connectivity index (χ1) is 11.5. The van der Waals surface area contributed by atoms with Crippen LogP contribution in [0.4, 0.5) is 5.69 Å². The van der Waals surface area contributed by atoms with E-state index in [0.717, 1.165) is 25.7 Å². The van der Waals surface area contributed by atoms with Crippen molar-refractivity contribution >= 4 is 28.5 Å². The van der Waals surface area contributed by atoms with Gasteiger partial charge in [-0.1, -0.05) is 12.8 Å². The normalized spacial score (nSPS) is 16.4. The first kappa shape index (κ1) is 16.5. The van der Waals surface area contributed by atoms with Gasteiger partial charge in [-0.25, -0.2) is 4.79 Å². The van der Waals surface area contributed by atoms with Crippen LogP contribution in [0.3, 0.4) is 0 Å². The Balaban J connectivity index is 1.80. The minimum Gasteiger partial charge on any atom is -0.475 e. The molecule has 3 rings (SSSR count). The number of rotatable bonds is 6. The number of fused-ring (bicyclic) bond motifs is 1. The van der Waals surface area contributed by atoms with E-state index in [2.05, 4.69) is 5.32 Å². The number of amides is 1. The number of nitrogens with one attached hydrogen (secondary N) is 1. The molecule has 6 nitrogen and oxygen atoms in total. The predicted molar refractivity (Wildman–Crippen MR) is 89.2 cm³/mol. The van der Waals surface area contributed by atoms with Crippen molar-refractivity contribution in [3.63, 3.8) is 0 Å². The molecule has 0 aliphatic heterocycles. The maximum absolute atomic E-state index is 12.8. The second-order valence-electron chi connectivity index (χ2n) is 6.35. The van der Waals surface area contributed by atoms with E-state index in [-0.39, 0.29) is 17.1 Å². The van der Waals surface area contributed by atoms with Crippen LogP contribution in [-0.2, 0) is 9.53 Å². The van der Waals surface area contributed by atoms with Gasteiger partial charge in [0.15, 0.2) is 0 Å². The van der Waals surface area contributed by atoms with Gasteiger partial charge in [-0.2, -0.15) is 0 Å². The van der Waals surface area contributed by atoms with Gasteiger partial charge in [0.2, 0.25) is 11.7 Å². The molecule has 0 radical (unpaired) electrons. The maximum atomic E-state index is 12.8. The van der Waals surface area contributed by atoms with Crippen LogP contribution in [0.25, 0.3) is 11.0 Å². The summed E-state index contributed by atoms with van der Waals surface area (Å²) < 4.78 is 10.4. The molecule has 0 atom stereocenters. The largest absolute Gasteiger partial charge is 0.475 e. The molecule has 1 aliphatic rings. The Morgan fingerprint density at radius 2 is 2.04 bits per heavy atom. The van der Waals surface area contributed by atoms with Gasteiger partial charge >= 0.3 is 5.97 Å². The van der Waals surface area contributed by atoms with E-state index >= 15 is 0 Å². The van der Waals surface area contributed by atoms with E-state index < -0.39 is 5.97 Å². The first-order valence-electron chi connectivity index (χ1n) is 8.11. The number of hydrogen-bond acceptors (Lipinski definition) is 4. The van der Waals surface area contributed by atoms with Crippen molar-refractivity contribution < 1.29 is 23.8 Å². The molecule has 1 heterocycles. The highest BCUT2D eigenvalue weighted by Gasteiger charge is 2.40. The van der Waals surface area contributed by atoms with Crippen molar-refractivity contribution in [1.82, 2.24) is 0 Å². The number of carbonyl (C=O) groups is 2. The van der Waals surface area contributed by atoms with Gasteiger partial charge in [0.25, 0.3) is 0 Å². The zero-order chi connectivity index (χ0) is 17.2. The molecule has 24 heavy (non-hydrogen) atoms. The van der Waals surface area contributed by atoms with Gasteiger partial charge in [-0.3, -0.25) is 4.79 Å². The van der Waals surface area contributed by atoms with Crippen LogP contribution < -0.4 is 5.32 Å². The zero-order valence-corrected chi connectivity index (χ0v) is 13.6. The molecule has 1 aromatic heterocycles. The highest BCUT2D eigenvalue weighted by molar-refractivity contribution is 5.98. The number of ether oxygens (including phenoxy) is 1. The number of furan rings is 1. The summed E-state index contributed by atoms with van der Waals surface area (Å²) in [7, 11) is 1.65. The zero-order valence-electron chi connectivity index (χ0n) is 13.6. The third-order valence-electron chi connectivity index (χ3n) is 4.81. The minimum absolute atomic E-state index is 0.0124. The monoisotopic (exact) mass is 331 g/mol. The van der Waals surface area contributed by atoms with Crippen molar-refractivity contribution in [2.45, 2.75) is 32.1 Å². The number of hydrogen-bond donors (Lipinski definition) is 2. The summed E-state index contributed by atoms with van der Waals surface area (Å²) in [6, 6.07) is 6.61. The summed E-state index contributed by atoms with van der Waals surface area (Å²) in [5.74, 6) is -1.21. The number of benzene rings is 1. The van der Waals surface area contributed by atoms with E-state index in [9.17, 15) is 9.59 Å². The van der Waals surface area contributed by atoms with Crippen LogP contribution in [0, 0.1) is 5.41 Å². The highest BCUT2D eigenvalue weighted by atomic mass is 16.5. The van der Waals surface area contributed by atoms with Gasteiger partial charge in [0.1, 0.15) is 5.58 Å². The van der Waals surface area contributed by atoms with Gasteiger partial charge in [-0.05, 0) is 43.5 Å². The second-order valence-corrected chi connectivity index (χ2v) is 6.35. The Morgan fingerprint density at radius 1 is 1.29 bits per heavy atom. The van der Waals surface area contributed by atoms with Crippen LogP contribution in [0.1, 0.15) is 42.7 Å². The van der Waals surface area contributed by atoms with Crippen LogP contribution in [0.5, 0.6) is 0 Å². The van der Waals surface area contributed by atoms with Crippen molar-refractivity contribution in [3.05, 3.63) is 30.0 Å². The third kappa shape index (κ3) is 3.14. The van der Waals surface area contributed by atoms with Crippen molar-refractivity contribution in [2.24, 2.45) is 5.41 Å². The van der Waals surface area contributed by atoms with Crippen LogP contribution in [0.15, 0.2) is 28.7 Å².